The Morgan fingerprint density at radius 2 is 1.59 bits per heavy atom. The van der Waals surface area contributed by atoms with E-state index in [1.54, 1.807) is 61.7 Å². The number of rotatable bonds is 13. The third-order valence-electron chi connectivity index (χ3n) is 6.17. The number of hydrogen-bond acceptors (Lipinski definition) is 5. The van der Waals surface area contributed by atoms with Crippen molar-refractivity contribution in [2.45, 2.75) is 44.2 Å². The Morgan fingerprint density at radius 3 is 2.15 bits per heavy atom. The molecular formula is C29H34BrN3O5S. The lowest BCUT2D eigenvalue weighted by atomic mass is 10.1. The van der Waals surface area contributed by atoms with Crippen LogP contribution >= 0.6 is 15.9 Å². The molecule has 0 radical (unpaired) electrons. The molecule has 3 aromatic carbocycles. The molecule has 0 fully saturated rings. The molecule has 0 bridgehead atoms. The molecule has 0 aliphatic carbocycles. The summed E-state index contributed by atoms with van der Waals surface area (Å²) in [6, 6.07) is 21.1. The number of nitrogens with zero attached hydrogens (tertiary/aromatic N) is 2. The summed E-state index contributed by atoms with van der Waals surface area (Å²) in [6.07, 6.45) is 1.11. The number of benzene rings is 3. The fourth-order valence-corrected chi connectivity index (χ4v) is 5.77. The molecule has 0 aliphatic rings. The summed E-state index contributed by atoms with van der Waals surface area (Å²) in [7, 11) is -2.52. The van der Waals surface area contributed by atoms with Crippen LogP contribution in [0.3, 0.4) is 0 Å². The van der Waals surface area contributed by atoms with Crippen LogP contribution in [-0.2, 0) is 26.2 Å². The highest BCUT2D eigenvalue weighted by Crippen LogP contribution is 2.26. The highest BCUT2D eigenvalue weighted by molar-refractivity contribution is 9.10. The second-order valence-corrected chi connectivity index (χ2v) is 11.7. The fraction of sp³-hybridized carbons (Fsp3) is 0.310. The highest BCUT2D eigenvalue weighted by atomic mass is 79.9. The van der Waals surface area contributed by atoms with E-state index in [9.17, 15) is 18.0 Å². The van der Waals surface area contributed by atoms with Gasteiger partial charge in [-0.2, -0.15) is 0 Å². The van der Waals surface area contributed by atoms with Gasteiger partial charge in [-0.3, -0.25) is 13.9 Å². The molecule has 208 valence electrons. The van der Waals surface area contributed by atoms with Crippen molar-refractivity contribution in [3.05, 3.63) is 88.9 Å². The summed E-state index contributed by atoms with van der Waals surface area (Å²) in [5.74, 6) is -0.103. The van der Waals surface area contributed by atoms with Gasteiger partial charge in [-0.05, 0) is 66.9 Å². The van der Waals surface area contributed by atoms with E-state index >= 15 is 0 Å². The minimum absolute atomic E-state index is 0.0650. The lowest BCUT2D eigenvalue weighted by Gasteiger charge is -2.33. The van der Waals surface area contributed by atoms with Crippen molar-refractivity contribution in [2.24, 2.45) is 0 Å². The molecule has 0 spiro atoms. The molecule has 1 atom stereocenters. The summed E-state index contributed by atoms with van der Waals surface area (Å²) < 4.78 is 34.6. The molecule has 1 N–H and O–H groups in total. The van der Waals surface area contributed by atoms with Gasteiger partial charge in [0.25, 0.3) is 10.0 Å². The monoisotopic (exact) mass is 615 g/mol. The third-order valence-corrected chi connectivity index (χ3v) is 8.49. The van der Waals surface area contributed by atoms with E-state index in [0.29, 0.717) is 24.4 Å². The molecule has 0 heterocycles. The molecular weight excluding hydrogens is 582 g/mol. The van der Waals surface area contributed by atoms with E-state index < -0.39 is 28.5 Å². The number of amides is 2. The van der Waals surface area contributed by atoms with E-state index in [-0.39, 0.29) is 17.3 Å². The van der Waals surface area contributed by atoms with Gasteiger partial charge in [0.15, 0.2) is 0 Å². The Kier molecular flexibility index (Phi) is 10.9. The molecule has 0 saturated carbocycles. The van der Waals surface area contributed by atoms with Crippen molar-refractivity contribution in [1.82, 2.24) is 10.2 Å². The summed E-state index contributed by atoms with van der Waals surface area (Å²) in [4.78, 5) is 28.6. The molecule has 3 aromatic rings. The van der Waals surface area contributed by atoms with Gasteiger partial charge in [-0.15, -0.1) is 0 Å². The van der Waals surface area contributed by atoms with Crippen LogP contribution < -0.4 is 14.4 Å². The maximum absolute atomic E-state index is 14.0. The van der Waals surface area contributed by atoms with Crippen LogP contribution in [0.25, 0.3) is 0 Å². The zero-order valence-corrected chi connectivity index (χ0v) is 24.7. The second-order valence-electron chi connectivity index (χ2n) is 8.89. The lowest BCUT2D eigenvalue weighted by Crippen LogP contribution is -2.52. The minimum Gasteiger partial charge on any atom is -0.497 e. The number of sulfonamides is 1. The molecule has 0 saturated heterocycles. The van der Waals surface area contributed by atoms with Crippen LogP contribution in [0.5, 0.6) is 5.75 Å². The molecule has 0 aromatic heterocycles. The van der Waals surface area contributed by atoms with E-state index in [1.807, 2.05) is 26.0 Å². The average Bonchev–Trinajstić information content (AvgIpc) is 2.95. The molecule has 3 rings (SSSR count). The highest BCUT2D eigenvalue weighted by Gasteiger charge is 2.33. The summed E-state index contributed by atoms with van der Waals surface area (Å²) in [5, 5.41) is 2.88. The first-order chi connectivity index (χ1) is 18.7. The van der Waals surface area contributed by atoms with Crippen molar-refractivity contribution in [3.8, 4) is 5.75 Å². The molecule has 0 unspecified atom stereocenters. The predicted molar refractivity (Wildman–Crippen MR) is 156 cm³/mol. The summed E-state index contributed by atoms with van der Waals surface area (Å²) in [5.41, 5.74) is 1.12. The number of hydrogen-bond donors (Lipinski definition) is 1. The van der Waals surface area contributed by atoms with Gasteiger partial charge in [0.1, 0.15) is 18.3 Å². The van der Waals surface area contributed by atoms with Gasteiger partial charge >= 0.3 is 0 Å². The van der Waals surface area contributed by atoms with Crippen molar-refractivity contribution < 1.29 is 22.7 Å². The fourth-order valence-electron chi connectivity index (χ4n) is 4.07. The molecule has 2 amide bonds. The number of carbonyl (C=O) groups excluding carboxylic acids is 2. The quantitative estimate of drug-likeness (QED) is 0.292. The SMILES string of the molecule is CCCNC(=O)[C@H](CC)N(Cc1ccc(OC)cc1)C(=O)CN(c1ccc(Br)cc1)S(=O)(=O)c1ccccc1. The van der Waals surface area contributed by atoms with Gasteiger partial charge in [0.2, 0.25) is 11.8 Å². The maximum Gasteiger partial charge on any atom is 0.264 e. The average molecular weight is 617 g/mol. The van der Waals surface area contributed by atoms with Gasteiger partial charge in [-0.1, -0.05) is 60.1 Å². The Morgan fingerprint density at radius 1 is 0.949 bits per heavy atom. The normalized spacial score (nSPS) is 11.9. The number of anilines is 1. The Hall–Kier alpha value is -3.37. The zero-order valence-electron chi connectivity index (χ0n) is 22.3. The van der Waals surface area contributed by atoms with Crippen LogP contribution in [0.4, 0.5) is 5.69 Å². The van der Waals surface area contributed by atoms with Crippen LogP contribution in [0.2, 0.25) is 0 Å². The first-order valence-corrected chi connectivity index (χ1v) is 15.0. The van der Waals surface area contributed by atoms with E-state index in [0.717, 1.165) is 20.8 Å². The maximum atomic E-state index is 14.0. The van der Waals surface area contributed by atoms with Crippen LogP contribution in [-0.4, -0.2) is 51.4 Å². The lowest BCUT2D eigenvalue weighted by molar-refractivity contribution is -0.140. The Balaban J connectivity index is 2.02. The van der Waals surface area contributed by atoms with Gasteiger partial charge in [-0.25, -0.2) is 8.42 Å². The molecule has 8 nitrogen and oxygen atoms in total. The number of carbonyl (C=O) groups is 2. The topological polar surface area (TPSA) is 96.0 Å². The van der Waals surface area contributed by atoms with Gasteiger partial charge in [0.05, 0.1) is 17.7 Å². The third kappa shape index (κ3) is 7.83. The van der Waals surface area contributed by atoms with Crippen LogP contribution in [0.1, 0.15) is 32.3 Å². The van der Waals surface area contributed by atoms with Crippen molar-refractivity contribution in [1.29, 1.82) is 0 Å². The Labute approximate surface area is 239 Å². The van der Waals surface area contributed by atoms with Crippen LogP contribution in [0.15, 0.2) is 88.2 Å². The molecule has 39 heavy (non-hydrogen) atoms. The van der Waals surface area contributed by atoms with E-state index in [1.165, 1.54) is 17.0 Å². The minimum atomic E-state index is -4.09. The number of ether oxygens (including phenoxy) is 1. The standard InChI is InChI=1S/C29H34BrN3O5S/c1-4-19-31-29(35)27(5-2)32(20-22-11-17-25(38-3)18-12-22)28(34)21-33(24-15-13-23(30)14-16-24)39(36,37)26-9-7-6-8-10-26/h6-18,27H,4-5,19-21H2,1-3H3,(H,31,35)/t27-/m0/s1. The first kappa shape index (κ1) is 30.2. The first-order valence-electron chi connectivity index (χ1n) is 12.7. The largest absolute Gasteiger partial charge is 0.497 e. The van der Waals surface area contributed by atoms with Crippen molar-refractivity contribution in [3.63, 3.8) is 0 Å². The summed E-state index contributed by atoms with van der Waals surface area (Å²) in [6.45, 7) is 3.91. The smallest absolute Gasteiger partial charge is 0.264 e. The number of methoxy groups -OCH3 is 1. The summed E-state index contributed by atoms with van der Waals surface area (Å²) >= 11 is 3.38. The van der Waals surface area contributed by atoms with Gasteiger partial charge < -0.3 is 15.0 Å². The van der Waals surface area contributed by atoms with E-state index in [4.69, 9.17) is 4.74 Å². The Bertz CT molecular complexity index is 1330. The van der Waals surface area contributed by atoms with E-state index in [2.05, 4.69) is 21.2 Å². The number of nitrogens with one attached hydrogen (secondary N) is 1. The predicted octanol–water partition coefficient (Wildman–Crippen LogP) is 4.99. The molecule has 10 heteroatoms. The zero-order chi connectivity index (χ0) is 28.4. The number of halogens is 1. The van der Waals surface area contributed by atoms with Crippen LogP contribution in [0, 0.1) is 0 Å². The van der Waals surface area contributed by atoms with Gasteiger partial charge in [0, 0.05) is 17.6 Å². The second kappa shape index (κ2) is 14.1. The van der Waals surface area contributed by atoms with Crippen molar-refractivity contribution >= 4 is 43.5 Å². The van der Waals surface area contributed by atoms with Crippen molar-refractivity contribution in [2.75, 3.05) is 24.5 Å². The molecule has 0 aliphatic heterocycles.